The monoisotopic (exact) mass is 282 g/mol. The van der Waals surface area contributed by atoms with E-state index < -0.39 is 0 Å². The molecule has 6 heteroatoms. The van der Waals surface area contributed by atoms with E-state index in [1.807, 2.05) is 7.05 Å². The fraction of sp³-hybridized carbons (Fsp3) is 0.692. The maximum atomic E-state index is 11.7. The number of nitrogens with zero attached hydrogens (tertiary/aromatic N) is 2. The summed E-state index contributed by atoms with van der Waals surface area (Å²) < 4.78 is 0. The minimum Gasteiger partial charge on any atom is -0.320 e. The lowest BCUT2D eigenvalue weighted by Gasteiger charge is -2.23. The van der Waals surface area contributed by atoms with Gasteiger partial charge in [0.2, 0.25) is 5.91 Å². The number of carbonyl (C=O) groups is 1. The highest BCUT2D eigenvalue weighted by Gasteiger charge is 2.20. The number of nitrogens with one attached hydrogen (secondary N) is 2. The second kappa shape index (κ2) is 6.98. The van der Waals surface area contributed by atoms with Crippen molar-refractivity contribution in [2.75, 3.05) is 32.0 Å². The van der Waals surface area contributed by atoms with Crippen LogP contribution >= 0.6 is 11.3 Å². The molecule has 0 unspecified atom stereocenters. The SMILES string of the molecule is CCN1CCc2nc(NC(=O)CCCNC)sc2C1. The number of hydrogen-bond acceptors (Lipinski definition) is 5. The number of thiazole rings is 1. The average Bonchev–Trinajstić information content (AvgIpc) is 2.79. The normalized spacial score (nSPS) is 15.3. The molecule has 1 aliphatic rings. The summed E-state index contributed by atoms with van der Waals surface area (Å²) in [5.74, 6) is 0.0636. The first-order valence-corrected chi connectivity index (χ1v) is 7.70. The number of likely N-dealkylation sites (N-methyl/N-ethyl adjacent to an activating group) is 1. The molecule has 106 valence electrons. The van der Waals surface area contributed by atoms with Gasteiger partial charge in [-0.05, 0) is 26.6 Å². The molecule has 0 spiro atoms. The topological polar surface area (TPSA) is 57.3 Å². The zero-order valence-corrected chi connectivity index (χ0v) is 12.5. The number of fused-ring (bicyclic) bond motifs is 1. The summed E-state index contributed by atoms with van der Waals surface area (Å²) in [5, 5.41) is 6.71. The molecule has 1 aromatic heterocycles. The van der Waals surface area contributed by atoms with Crippen LogP contribution in [0.3, 0.4) is 0 Å². The second-order valence-electron chi connectivity index (χ2n) is 4.76. The van der Waals surface area contributed by atoms with Crippen LogP contribution in [0.4, 0.5) is 5.13 Å². The van der Waals surface area contributed by atoms with E-state index in [1.165, 1.54) is 10.6 Å². The summed E-state index contributed by atoms with van der Waals surface area (Å²) in [6.07, 6.45) is 2.40. The molecule has 1 aromatic rings. The lowest BCUT2D eigenvalue weighted by atomic mass is 10.2. The van der Waals surface area contributed by atoms with Gasteiger partial charge in [-0.1, -0.05) is 6.92 Å². The van der Waals surface area contributed by atoms with Crippen molar-refractivity contribution in [1.29, 1.82) is 0 Å². The van der Waals surface area contributed by atoms with Crippen molar-refractivity contribution in [2.45, 2.75) is 32.7 Å². The van der Waals surface area contributed by atoms with Crippen molar-refractivity contribution in [1.82, 2.24) is 15.2 Å². The van der Waals surface area contributed by atoms with Crippen molar-refractivity contribution in [3.8, 4) is 0 Å². The van der Waals surface area contributed by atoms with Crippen LogP contribution in [0.1, 0.15) is 30.3 Å². The van der Waals surface area contributed by atoms with Crippen LogP contribution in [0.2, 0.25) is 0 Å². The van der Waals surface area contributed by atoms with Gasteiger partial charge >= 0.3 is 0 Å². The summed E-state index contributed by atoms with van der Waals surface area (Å²) in [5.41, 5.74) is 1.17. The molecule has 0 radical (unpaired) electrons. The van der Waals surface area contributed by atoms with Crippen molar-refractivity contribution in [3.63, 3.8) is 0 Å². The Labute approximate surface area is 118 Å². The maximum absolute atomic E-state index is 11.7. The lowest BCUT2D eigenvalue weighted by molar-refractivity contribution is -0.116. The zero-order chi connectivity index (χ0) is 13.7. The summed E-state index contributed by atoms with van der Waals surface area (Å²) in [4.78, 5) is 20.0. The van der Waals surface area contributed by atoms with Crippen LogP contribution in [0.5, 0.6) is 0 Å². The van der Waals surface area contributed by atoms with E-state index >= 15 is 0 Å². The Bertz CT molecular complexity index is 432. The molecule has 0 aromatic carbocycles. The number of anilines is 1. The van der Waals surface area contributed by atoms with Gasteiger partial charge in [0, 0.05) is 30.8 Å². The highest BCUT2D eigenvalue weighted by atomic mass is 32.1. The Balaban J connectivity index is 1.88. The van der Waals surface area contributed by atoms with Gasteiger partial charge in [0.25, 0.3) is 0 Å². The average molecular weight is 282 g/mol. The van der Waals surface area contributed by atoms with Gasteiger partial charge in [0.15, 0.2) is 5.13 Å². The Morgan fingerprint density at radius 3 is 3.11 bits per heavy atom. The second-order valence-corrected chi connectivity index (χ2v) is 5.85. The summed E-state index contributed by atoms with van der Waals surface area (Å²) in [6, 6.07) is 0. The molecule has 2 N–H and O–H groups in total. The summed E-state index contributed by atoms with van der Waals surface area (Å²) in [7, 11) is 1.90. The molecule has 0 aliphatic carbocycles. The Kier molecular flexibility index (Phi) is 5.30. The first-order valence-electron chi connectivity index (χ1n) is 6.88. The van der Waals surface area contributed by atoms with E-state index in [0.29, 0.717) is 6.42 Å². The zero-order valence-electron chi connectivity index (χ0n) is 11.7. The van der Waals surface area contributed by atoms with E-state index in [1.54, 1.807) is 11.3 Å². The fourth-order valence-corrected chi connectivity index (χ4v) is 3.25. The van der Waals surface area contributed by atoms with Gasteiger partial charge < -0.3 is 10.6 Å². The van der Waals surface area contributed by atoms with E-state index in [0.717, 1.165) is 44.2 Å². The van der Waals surface area contributed by atoms with Crippen molar-refractivity contribution in [3.05, 3.63) is 10.6 Å². The molecular weight excluding hydrogens is 260 g/mol. The molecule has 2 rings (SSSR count). The van der Waals surface area contributed by atoms with Crippen molar-refractivity contribution >= 4 is 22.4 Å². The van der Waals surface area contributed by atoms with Crippen LogP contribution in [0.25, 0.3) is 0 Å². The van der Waals surface area contributed by atoms with Gasteiger partial charge in [0.1, 0.15) is 0 Å². The third-order valence-electron chi connectivity index (χ3n) is 3.33. The molecule has 0 bridgehead atoms. The van der Waals surface area contributed by atoms with Gasteiger partial charge in [-0.25, -0.2) is 4.98 Å². The summed E-state index contributed by atoms with van der Waals surface area (Å²) in [6.45, 7) is 6.16. The summed E-state index contributed by atoms with van der Waals surface area (Å²) >= 11 is 1.62. The molecule has 0 saturated carbocycles. The van der Waals surface area contributed by atoms with E-state index in [4.69, 9.17) is 0 Å². The highest BCUT2D eigenvalue weighted by Crippen LogP contribution is 2.28. The van der Waals surface area contributed by atoms with Crippen molar-refractivity contribution in [2.24, 2.45) is 0 Å². The molecule has 2 heterocycles. The van der Waals surface area contributed by atoms with E-state index in [2.05, 4.69) is 27.4 Å². The van der Waals surface area contributed by atoms with Crippen LogP contribution < -0.4 is 10.6 Å². The van der Waals surface area contributed by atoms with E-state index in [9.17, 15) is 4.79 Å². The predicted octanol–water partition coefficient (Wildman–Crippen LogP) is 1.46. The molecule has 1 amide bonds. The van der Waals surface area contributed by atoms with Gasteiger partial charge in [-0.15, -0.1) is 11.3 Å². The molecule has 0 fully saturated rings. The molecular formula is C13H22N4OS. The highest BCUT2D eigenvalue weighted by molar-refractivity contribution is 7.15. The molecule has 19 heavy (non-hydrogen) atoms. The molecule has 5 nitrogen and oxygen atoms in total. The number of rotatable bonds is 6. The van der Waals surface area contributed by atoms with E-state index in [-0.39, 0.29) is 5.91 Å². The number of carbonyl (C=O) groups excluding carboxylic acids is 1. The molecule has 0 atom stereocenters. The Morgan fingerprint density at radius 1 is 1.53 bits per heavy atom. The van der Waals surface area contributed by atoms with Gasteiger partial charge in [-0.2, -0.15) is 0 Å². The Morgan fingerprint density at radius 2 is 2.37 bits per heavy atom. The Hall–Kier alpha value is -0.980. The largest absolute Gasteiger partial charge is 0.320 e. The van der Waals surface area contributed by atoms with Crippen LogP contribution in [-0.2, 0) is 17.8 Å². The van der Waals surface area contributed by atoms with Gasteiger partial charge in [0.05, 0.1) is 5.69 Å². The fourth-order valence-electron chi connectivity index (χ4n) is 2.18. The maximum Gasteiger partial charge on any atom is 0.226 e. The van der Waals surface area contributed by atoms with Crippen LogP contribution in [-0.4, -0.2) is 42.5 Å². The molecule has 0 saturated heterocycles. The van der Waals surface area contributed by atoms with Crippen LogP contribution in [0.15, 0.2) is 0 Å². The van der Waals surface area contributed by atoms with Crippen LogP contribution in [0, 0.1) is 0 Å². The smallest absolute Gasteiger partial charge is 0.226 e. The molecule has 1 aliphatic heterocycles. The first kappa shape index (κ1) is 14.4. The number of aromatic nitrogens is 1. The lowest BCUT2D eigenvalue weighted by Crippen LogP contribution is -2.29. The standard InChI is InChI=1S/C13H22N4OS/c1-3-17-8-6-10-11(9-17)19-13(15-10)16-12(18)5-4-7-14-2/h14H,3-9H2,1-2H3,(H,15,16,18). The van der Waals surface area contributed by atoms with Crippen molar-refractivity contribution < 1.29 is 4.79 Å². The predicted molar refractivity (Wildman–Crippen MR) is 78.6 cm³/mol. The number of hydrogen-bond donors (Lipinski definition) is 2. The third kappa shape index (κ3) is 3.99. The first-order chi connectivity index (χ1) is 9.22. The minimum absolute atomic E-state index is 0.0636. The number of amides is 1. The van der Waals surface area contributed by atoms with Gasteiger partial charge in [-0.3, -0.25) is 9.69 Å². The quantitative estimate of drug-likeness (QED) is 0.776. The third-order valence-corrected chi connectivity index (χ3v) is 4.33. The minimum atomic E-state index is 0.0636.